The first-order valence-corrected chi connectivity index (χ1v) is 8.74. The third-order valence-electron chi connectivity index (χ3n) is 4.75. The SMILES string of the molecule is C=Cc1ccccc1C(C=C)(C=C)OC(C=C)(C=C)c1ccccc1C=C. The first-order chi connectivity index (χ1) is 13.1. The van der Waals surface area contributed by atoms with Crippen molar-refractivity contribution < 1.29 is 4.74 Å². The lowest BCUT2D eigenvalue weighted by molar-refractivity contribution is -0.0628. The van der Waals surface area contributed by atoms with Gasteiger partial charge in [0.15, 0.2) is 0 Å². The van der Waals surface area contributed by atoms with Crippen molar-refractivity contribution in [2.24, 2.45) is 0 Å². The van der Waals surface area contributed by atoms with Crippen molar-refractivity contribution in [2.45, 2.75) is 11.2 Å². The predicted molar refractivity (Wildman–Crippen MR) is 118 cm³/mol. The van der Waals surface area contributed by atoms with E-state index in [2.05, 4.69) is 39.5 Å². The zero-order valence-electron chi connectivity index (χ0n) is 15.7. The van der Waals surface area contributed by atoms with Gasteiger partial charge in [0, 0.05) is 0 Å². The second kappa shape index (κ2) is 8.48. The van der Waals surface area contributed by atoms with Gasteiger partial charge in [0.2, 0.25) is 0 Å². The van der Waals surface area contributed by atoms with Crippen LogP contribution in [-0.4, -0.2) is 0 Å². The third kappa shape index (κ3) is 3.55. The maximum Gasteiger partial charge on any atom is 0.132 e. The van der Waals surface area contributed by atoms with Gasteiger partial charge in [-0.15, -0.1) is 0 Å². The predicted octanol–water partition coefficient (Wildman–Crippen LogP) is 6.82. The molecule has 2 rings (SSSR count). The largest absolute Gasteiger partial charge is 0.343 e. The van der Waals surface area contributed by atoms with E-state index in [1.807, 2.05) is 48.5 Å². The van der Waals surface area contributed by atoms with Gasteiger partial charge in [-0.1, -0.05) is 124 Å². The molecule has 0 saturated carbocycles. The Labute approximate surface area is 163 Å². The summed E-state index contributed by atoms with van der Waals surface area (Å²) in [5, 5.41) is 0. The standard InChI is InChI=1S/C26H26O/c1-7-21-17-13-15-19-23(21)25(9-3,10-4)27-26(11-5,12-6)24-20-16-14-18-22(24)8-2/h7-20H,1-6H2. The minimum Gasteiger partial charge on any atom is -0.343 e. The van der Waals surface area contributed by atoms with Crippen LogP contribution in [0.3, 0.4) is 0 Å². The summed E-state index contributed by atoms with van der Waals surface area (Å²) in [6.07, 6.45) is 10.5. The monoisotopic (exact) mass is 354 g/mol. The molecule has 0 unspecified atom stereocenters. The fourth-order valence-corrected chi connectivity index (χ4v) is 3.22. The van der Waals surface area contributed by atoms with Crippen LogP contribution in [0.25, 0.3) is 12.2 Å². The molecular formula is C26H26O. The molecule has 2 aromatic rings. The van der Waals surface area contributed by atoms with Crippen molar-refractivity contribution in [1.82, 2.24) is 0 Å². The Morgan fingerprint density at radius 3 is 1.19 bits per heavy atom. The molecule has 0 bridgehead atoms. The first-order valence-electron chi connectivity index (χ1n) is 8.74. The van der Waals surface area contributed by atoms with E-state index in [-0.39, 0.29) is 0 Å². The van der Waals surface area contributed by atoms with Crippen LogP contribution in [0.5, 0.6) is 0 Å². The van der Waals surface area contributed by atoms with Gasteiger partial charge in [-0.3, -0.25) is 0 Å². The Hall–Kier alpha value is -3.16. The van der Waals surface area contributed by atoms with E-state index < -0.39 is 11.2 Å². The molecule has 0 aromatic heterocycles. The minimum atomic E-state index is -0.971. The highest BCUT2D eigenvalue weighted by molar-refractivity contribution is 5.58. The van der Waals surface area contributed by atoms with Gasteiger partial charge in [-0.2, -0.15) is 0 Å². The second-order valence-electron chi connectivity index (χ2n) is 6.09. The van der Waals surface area contributed by atoms with Crippen molar-refractivity contribution in [3.05, 3.63) is 135 Å². The molecule has 27 heavy (non-hydrogen) atoms. The molecule has 0 N–H and O–H groups in total. The van der Waals surface area contributed by atoms with Gasteiger partial charge in [0.25, 0.3) is 0 Å². The molecule has 0 atom stereocenters. The molecule has 1 heteroatoms. The molecule has 0 amide bonds. The van der Waals surface area contributed by atoms with E-state index in [1.54, 1.807) is 36.5 Å². The molecule has 0 fully saturated rings. The van der Waals surface area contributed by atoms with Crippen LogP contribution in [0, 0.1) is 0 Å². The number of ether oxygens (including phenoxy) is 1. The van der Waals surface area contributed by atoms with E-state index in [1.165, 1.54) is 0 Å². The van der Waals surface area contributed by atoms with Gasteiger partial charge in [-0.05, 0) is 22.3 Å². The van der Waals surface area contributed by atoms with E-state index >= 15 is 0 Å². The Kier molecular flexibility index (Phi) is 6.33. The highest BCUT2D eigenvalue weighted by Crippen LogP contribution is 2.42. The van der Waals surface area contributed by atoms with Crippen LogP contribution in [0.2, 0.25) is 0 Å². The van der Waals surface area contributed by atoms with E-state index in [0.717, 1.165) is 22.3 Å². The van der Waals surface area contributed by atoms with Gasteiger partial charge in [-0.25, -0.2) is 0 Å². The Morgan fingerprint density at radius 2 is 0.889 bits per heavy atom. The van der Waals surface area contributed by atoms with Gasteiger partial charge in [0.1, 0.15) is 11.2 Å². The summed E-state index contributed by atoms with van der Waals surface area (Å²) in [5.74, 6) is 0. The highest BCUT2D eigenvalue weighted by atomic mass is 16.5. The lowest BCUT2D eigenvalue weighted by Gasteiger charge is -2.40. The van der Waals surface area contributed by atoms with Crippen LogP contribution in [0.15, 0.2) is 112 Å². The number of rotatable bonds is 10. The maximum atomic E-state index is 6.71. The maximum absolute atomic E-state index is 6.71. The summed E-state index contributed by atoms with van der Waals surface area (Å²) in [4.78, 5) is 0. The topological polar surface area (TPSA) is 9.23 Å². The quantitative estimate of drug-likeness (QED) is 0.425. The minimum absolute atomic E-state index is 0.897. The zero-order chi connectivity index (χ0) is 19.9. The summed E-state index contributed by atoms with van der Waals surface area (Å²) >= 11 is 0. The molecule has 2 aromatic carbocycles. The lowest BCUT2D eigenvalue weighted by atomic mass is 9.85. The van der Waals surface area contributed by atoms with Gasteiger partial charge in [0.05, 0.1) is 0 Å². The van der Waals surface area contributed by atoms with Crippen molar-refractivity contribution in [3.63, 3.8) is 0 Å². The Bertz CT molecular complexity index is 795. The van der Waals surface area contributed by atoms with Crippen molar-refractivity contribution in [3.8, 4) is 0 Å². The summed E-state index contributed by atoms with van der Waals surface area (Å²) < 4.78 is 6.71. The highest BCUT2D eigenvalue weighted by Gasteiger charge is 2.39. The van der Waals surface area contributed by atoms with Crippen LogP contribution < -0.4 is 0 Å². The molecule has 0 spiro atoms. The van der Waals surface area contributed by atoms with Crippen molar-refractivity contribution in [2.75, 3.05) is 0 Å². The van der Waals surface area contributed by atoms with E-state index in [0.29, 0.717) is 0 Å². The Morgan fingerprint density at radius 1 is 0.556 bits per heavy atom. The zero-order valence-corrected chi connectivity index (χ0v) is 15.7. The molecule has 1 nitrogen and oxygen atoms in total. The third-order valence-corrected chi connectivity index (χ3v) is 4.75. The normalized spacial score (nSPS) is 11.3. The van der Waals surface area contributed by atoms with Crippen molar-refractivity contribution >= 4 is 12.2 Å². The average Bonchev–Trinajstić information content (AvgIpc) is 2.75. The van der Waals surface area contributed by atoms with Gasteiger partial charge >= 0.3 is 0 Å². The van der Waals surface area contributed by atoms with Crippen LogP contribution in [0.1, 0.15) is 22.3 Å². The number of hydrogen-bond donors (Lipinski definition) is 0. The fraction of sp³-hybridized carbons (Fsp3) is 0.0769. The average molecular weight is 354 g/mol. The molecular weight excluding hydrogens is 328 g/mol. The summed E-state index contributed by atoms with van der Waals surface area (Å²) in [6.45, 7) is 23.9. The van der Waals surface area contributed by atoms with Crippen LogP contribution in [0.4, 0.5) is 0 Å². The first kappa shape index (κ1) is 20.2. The van der Waals surface area contributed by atoms with Crippen molar-refractivity contribution in [1.29, 1.82) is 0 Å². The van der Waals surface area contributed by atoms with Gasteiger partial charge < -0.3 is 4.74 Å². The smallest absolute Gasteiger partial charge is 0.132 e. The lowest BCUT2D eigenvalue weighted by Crippen LogP contribution is -2.37. The Balaban J connectivity index is 2.74. The number of hydrogen-bond acceptors (Lipinski definition) is 1. The summed E-state index contributed by atoms with van der Waals surface area (Å²) in [6, 6.07) is 15.7. The molecule has 0 aliphatic heterocycles. The molecule has 0 aliphatic carbocycles. The summed E-state index contributed by atoms with van der Waals surface area (Å²) in [7, 11) is 0. The molecule has 0 heterocycles. The molecule has 0 radical (unpaired) electrons. The van der Waals surface area contributed by atoms with E-state index in [9.17, 15) is 0 Å². The summed E-state index contributed by atoms with van der Waals surface area (Å²) in [5.41, 5.74) is 1.74. The molecule has 0 saturated heterocycles. The fourth-order valence-electron chi connectivity index (χ4n) is 3.22. The second-order valence-corrected chi connectivity index (χ2v) is 6.09. The molecule has 136 valence electrons. The van der Waals surface area contributed by atoms with Crippen LogP contribution >= 0.6 is 0 Å². The van der Waals surface area contributed by atoms with E-state index in [4.69, 9.17) is 4.74 Å². The number of benzene rings is 2. The van der Waals surface area contributed by atoms with Crippen LogP contribution in [-0.2, 0) is 15.9 Å². The molecule has 0 aliphatic rings.